The van der Waals surface area contributed by atoms with Crippen LogP contribution >= 0.6 is 11.6 Å². The second-order valence-corrected chi connectivity index (χ2v) is 6.91. The number of aromatic amines is 1. The Morgan fingerprint density at radius 3 is 2.81 bits per heavy atom. The highest BCUT2D eigenvalue weighted by molar-refractivity contribution is 6.30. The van der Waals surface area contributed by atoms with Crippen molar-refractivity contribution in [1.29, 1.82) is 0 Å². The van der Waals surface area contributed by atoms with Crippen molar-refractivity contribution in [2.75, 3.05) is 19.7 Å². The molecule has 6 heteroatoms. The Morgan fingerprint density at radius 2 is 2.04 bits per heavy atom. The molecule has 1 N–H and O–H groups in total. The Morgan fingerprint density at radius 1 is 1.27 bits per heavy atom. The van der Waals surface area contributed by atoms with E-state index in [2.05, 4.69) is 4.98 Å². The summed E-state index contributed by atoms with van der Waals surface area (Å²) in [4.78, 5) is 18.1. The molecule has 1 aromatic heterocycles. The van der Waals surface area contributed by atoms with Crippen molar-refractivity contribution in [2.45, 2.75) is 13.0 Å². The highest BCUT2D eigenvalue weighted by Crippen LogP contribution is 2.28. The van der Waals surface area contributed by atoms with Crippen molar-refractivity contribution in [1.82, 2.24) is 9.88 Å². The van der Waals surface area contributed by atoms with E-state index in [1.807, 2.05) is 31.2 Å². The van der Waals surface area contributed by atoms with E-state index in [0.29, 0.717) is 35.7 Å². The molecule has 0 spiro atoms. The third-order valence-corrected chi connectivity index (χ3v) is 5.01. The molecule has 1 saturated heterocycles. The number of hydrogen-bond acceptors (Lipinski definition) is 2. The number of hydrogen-bond donors (Lipinski definition) is 1. The Balaban J connectivity index is 1.63. The summed E-state index contributed by atoms with van der Waals surface area (Å²) < 4.78 is 19.5. The van der Waals surface area contributed by atoms with Crippen molar-refractivity contribution in [3.8, 4) is 0 Å². The maximum absolute atomic E-state index is 13.7. The van der Waals surface area contributed by atoms with Gasteiger partial charge in [-0.1, -0.05) is 23.7 Å². The van der Waals surface area contributed by atoms with Crippen molar-refractivity contribution in [2.24, 2.45) is 0 Å². The Labute approximate surface area is 155 Å². The molecule has 1 aliphatic heterocycles. The zero-order valence-corrected chi connectivity index (χ0v) is 15.0. The minimum atomic E-state index is -0.355. The minimum Gasteiger partial charge on any atom is -0.370 e. The number of amides is 1. The summed E-state index contributed by atoms with van der Waals surface area (Å²) in [5.74, 6) is -0.465. The second-order valence-electron chi connectivity index (χ2n) is 6.48. The van der Waals surface area contributed by atoms with Crippen LogP contribution in [0.1, 0.15) is 27.7 Å². The summed E-state index contributed by atoms with van der Waals surface area (Å²) in [7, 11) is 0. The Kier molecular flexibility index (Phi) is 4.42. The van der Waals surface area contributed by atoms with Gasteiger partial charge in [0.15, 0.2) is 0 Å². The summed E-state index contributed by atoms with van der Waals surface area (Å²) in [5, 5.41) is 1.27. The van der Waals surface area contributed by atoms with Crippen molar-refractivity contribution in [3.05, 3.63) is 70.1 Å². The van der Waals surface area contributed by atoms with E-state index >= 15 is 0 Å². The number of halogens is 2. The zero-order chi connectivity index (χ0) is 18.3. The fraction of sp³-hybridized carbons (Fsp3) is 0.250. The molecule has 0 bridgehead atoms. The van der Waals surface area contributed by atoms with Gasteiger partial charge in [0.25, 0.3) is 5.91 Å². The topological polar surface area (TPSA) is 45.3 Å². The zero-order valence-electron chi connectivity index (χ0n) is 14.3. The molecular formula is C20H18ClFN2O2. The first-order chi connectivity index (χ1) is 12.5. The first-order valence-electron chi connectivity index (χ1n) is 8.47. The molecule has 1 atom stereocenters. The van der Waals surface area contributed by atoms with Gasteiger partial charge in [0, 0.05) is 28.2 Å². The largest absolute Gasteiger partial charge is 0.370 e. The Bertz CT molecular complexity index is 968. The molecule has 4 nitrogen and oxygen atoms in total. The molecule has 0 radical (unpaired) electrons. The number of benzene rings is 2. The van der Waals surface area contributed by atoms with Crippen LogP contribution in [-0.4, -0.2) is 35.5 Å². The first kappa shape index (κ1) is 17.1. The third-order valence-electron chi connectivity index (χ3n) is 4.76. The molecule has 134 valence electrons. The highest BCUT2D eigenvalue weighted by atomic mass is 35.5. The standard InChI is InChI=1S/C20H18ClFN2O2/c1-12-19(16-10-15(22)6-7-17(16)23-12)20(25)24-8-9-26-18(11-24)13-2-4-14(21)5-3-13/h2-7,10,18,23H,8-9,11H2,1H3. The van der Waals surface area contributed by atoms with Crippen LogP contribution in [0.15, 0.2) is 42.5 Å². The number of nitrogens with zero attached hydrogens (tertiary/aromatic N) is 1. The summed E-state index contributed by atoms with van der Waals surface area (Å²) in [6, 6.07) is 11.9. The second kappa shape index (κ2) is 6.74. The van der Waals surface area contributed by atoms with E-state index in [1.165, 1.54) is 12.1 Å². The number of ether oxygens (including phenoxy) is 1. The van der Waals surface area contributed by atoms with Gasteiger partial charge in [-0.05, 0) is 42.8 Å². The van der Waals surface area contributed by atoms with E-state index in [-0.39, 0.29) is 17.8 Å². The molecule has 1 aliphatic rings. The van der Waals surface area contributed by atoms with Crippen molar-refractivity contribution >= 4 is 28.4 Å². The van der Waals surface area contributed by atoms with Crippen LogP contribution in [0.3, 0.4) is 0 Å². The fourth-order valence-corrected chi connectivity index (χ4v) is 3.57. The van der Waals surface area contributed by atoms with Gasteiger partial charge in [-0.25, -0.2) is 4.39 Å². The molecule has 2 aromatic carbocycles. The van der Waals surface area contributed by atoms with Crippen LogP contribution in [0, 0.1) is 12.7 Å². The first-order valence-corrected chi connectivity index (χ1v) is 8.85. The average Bonchev–Trinajstić information content (AvgIpc) is 2.97. The highest BCUT2D eigenvalue weighted by Gasteiger charge is 2.28. The van der Waals surface area contributed by atoms with E-state index in [1.54, 1.807) is 11.0 Å². The van der Waals surface area contributed by atoms with Gasteiger partial charge >= 0.3 is 0 Å². The number of rotatable bonds is 2. The number of nitrogens with one attached hydrogen (secondary N) is 1. The number of fused-ring (bicyclic) bond motifs is 1. The van der Waals surface area contributed by atoms with Gasteiger partial charge < -0.3 is 14.6 Å². The fourth-order valence-electron chi connectivity index (χ4n) is 3.45. The van der Waals surface area contributed by atoms with Crippen LogP contribution in [0.25, 0.3) is 10.9 Å². The molecule has 4 rings (SSSR count). The van der Waals surface area contributed by atoms with Gasteiger partial charge in [-0.2, -0.15) is 0 Å². The monoisotopic (exact) mass is 372 g/mol. The molecule has 1 amide bonds. The molecule has 1 unspecified atom stereocenters. The maximum atomic E-state index is 13.7. The summed E-state index contributed by atoms with van der Waals surface area (Å²) in [5.41, 5.74) is 3.00. The summed E-state index contributed by atoms with van der Waals surface area (Å²) in [6.45, 7) is 3.24. The normalized spacial score (nSPS) is 17.7. The molecule has 2 heterocycles. The van der Waals surface area contributed by atoms with Crippen LogP contribution in [0.4, 0.5) is 4.39 Å². The third kappa shape index (κ3) is 3.08. The quantitative estimate of drug-likeness (QED) is 0.720. The number of H-pyrrole nitrogens is 1. The predicted octanol–water partition coefficient (Wildman–Crippen LogP) is 4.48. The lowest BCUT2D eigenvalue weighted by molar-refractivity contribution is -0.0227. The lowest BCUT2D eigenvalue weighted by Crippen LogP contribution is -2.42. The van der Waals surface area contributed by atoms with Gasteiger partial charge in [0.05, 0.1) is 18.7 Å². The Hall–Kier alpha value is -2.37. The van der Waals surface area contributed by atoms with Crippen LogP contribution in [-0.2, 0) is 4.74 Å². The number of carbonyl (C=O) groups is 1. The molecule has 0 aliphatic carbocycles. The molecular weight excluding hydrogens is 355 g/mol. The van der Waals surface area contributed by atoms with Crippen LogP contribution < -0.4 is 0 Å². The van der Waals surface area contributed by atoms with E-state index in [9.17, 15) is 9.18 Å². The SMILES string of the molecule is Cc1[nH]c2ccc(F)cc2c1C(=O)N1CCOC(c2ccc(Cl)cc2)C1. The summed E-state index contributed by atoms with van der Waals surface area (Å²) >= 11 is 5.94. The van der Waals surface area contributed by atoms with Gasteiger partial charge in [0.1, 0.15) is 11.9 Å². The van der Waals surface area contributed by atoms with E-state index in [4.69, 9.17) is 16.3 Å². The molecule has 1 fully saturated rings. The summed E-state index contributed by atoms with van der Waals surface area (Å²) in [6.07, 6.45) is -0.202. The molecule has 26 heavy (non-hydrogen) atoms. The van der Waals surface area contributed by atoms with Gasteiger partial charge in [-0.3, -0.25) is 4.79 Å². The minimum absolute atomic E-state index is 0.110. The maximum Gasteiger partial charge on any atom is 0.256 e. The van der Waals surface area contributed by atoms with Crippen molar-refractivity contribution in [3.63, 3.8) is 0 Å². The number of morpholine rings is 1. The molecule has 3 aromatic rings. The smallest absolute Gasteiger partial charge is 0.256 e. The predicted molar refractivity (Wildman–Crippen MR) is 99.0 cm³/mol. The van der Waals surface area contributed by atoms with E-state index in [0.717, 1.165) is 16.8 Å². The van der Waals surface area contributed by atoms with Crippen molar-refractivity contribution < 1.29 is 13.9 Å². The molecule has 0 saturated carbocycles. The lowest BCUT2D eigenvalue weighted by Gasteiger charge is -2.33. The number of aryl methyl sites for hydroxylation is 1. The van der Waals surface area contributed by atoms with Crippen LogP contribution in [0.2, 0.25) is 5.02 Å². The van der Waals surface area contributed by atoms with Crippen LogP contribution in [0.5, 0.6) is 0 Å². The van der Waals surface area contributed by atoms with Gasteiger partial charge in [0.2, 0.25) is 0 Å². The van der Waals surface area contributed by atoms with E-state index < -0.39 is 0 Å². The lowest BCUT2D eigenvalue weighted by atomic mass is 10.1. The number of aromatic nitrogens is 1. The van der Waals surface area contributed by atoms with Gasteiger partial charge in [-0.15, -0.1) is 0 Å². The number of carbonyl (C=O) groups excluding carboxylic acids is 1. The average molecular weight is 373 g/mol.